The number of aryl methyl sites for hydroxylation is 1. The van der Waals surface area contributed by atoms with Crippen LogP contribution in [0.1, 0.15) is 43.0 Å². The van der Waals surface area contributed by atoms with E-state index in [-0.39, 0.29) is 30.3 Å². The Kier molecular flexibility index (Phi) is 9.41. The summed E-state index contributed by atoms with van der Waals surface area (Å²) < 4.78 is -0.214. The molecule has 3 aromatic carbocycles. The number of carbonyl (C=O) groups excluding carboxylic acids is 3. The van der Waals surface area contributed by atoms with Crippen LogP contribution < -0.4 is 5.32 Å². The number of hydrogen-bond acceptors (Lipinski definition) is 4. The van der Waals surface area contributed by atoms with Gasteiger partial charge in [-0.2, -0.15) is 0 Å². The number of halogens is 2. The van der Waals surface area contributed by atoms with Gasteiger partial charge in [0.25, 0.3) is 0 Å². The first-order chi connectivity index (χ1) is 22.0. The van der Waals surface area contributed by atoms with Gasteiger partial charge in [0.15, 0.2) is 0 Å². The van der Waals surface area contributed by atoms with Crippen molar-refractivity contribution >= 4 is 68.0 Å². The van der Waals surface area contributed by atoms with Crippen molar-refractivity contribution in [2.24, 2.45) is 0 Å². The first-order valence-corrected chi connectivity index (χ1v) is 17.4. The Bertz CT molecular complexity index is 1750. The Hall–Kier alpha value is -3.47. The third-order valence-corrected chi connectivity index (χ3v) is 10.9. The molecule has 3 heterocycles. The number of hydrogen-bond donors (Lipinski definition) is 2. The molecular weight excluding hydrogens is 686 g/mol. The van der Waals surface area contributed by atoms with Gasteiger partial charge in [0.05, 0.1) is 12.5 Å². The van der Waals surface area contributed by atoms with E-state index in [2.05, 4.69) is 26.2 Å². The number of thioether (sulfide) groups is 1. The zero-order valence-electron chi connectivity index (χ0n) is 26.1. The summed E-state index contributed by atoms with van der Waals surface area (Å²) in [7, 11) is 0. The van der Waals surface area contributed by atoms with E-state index in [9.17, 15) is 9.59 Å². The summed E-state index contributed by atoms with van der Waals surface area (Å²) >= 11 is 11.3. The molecular formula is C35H37BrClN5O3S. The van der Waals surface area contributed by atoms with Crippen LogP contribution in [0.2, 0.25) is 5.02 Å². The number of carbonyl (C=O) groups is 3. The molecule has 8 nitrogen and oxygen atoms in total. The highest BCUT2D eigenvalue weighted by atomic mass is 79.9. The van der Waals surface area contributed by atoms with Crippen LogP contribution in [-0.2, 0) is 16.1 Å². The molecule has 2 aliphatic heterocycles. The molecule has 0 radical (unpaired) electrons. The summed E-state index contributed by atoms with van der Waals surface area (Å²) in [4.78, 5) is 51.9. The number of rotatable bonds is 7. The monoisotopic (exact) mass is 721 g/mol. The predicted octanol–water partition coefficient (Wildman–Crippen LogP) is 7.16. The topological polar surface area (TPSA) is 88.8 Å². The Morgan fingerprint density at radius 2 is 1.70 bits per heavy atom. The van der Waals surface area contributed by atoms with Crippen molar-refractivity contribution in [2.75, 3.05) is 26.2 Å². The van der Waals surface area contributed by atoms with E-state index in [0.717, 1.165) is 37.0 Å². The minimum atomic E-state index is -1.17. The van der Waals surface area contributed by atoms with E-state index >= 15 is 4.79 Å². The van der Waals surface area contributed by atoms with E-state index in [4.69, 9.17) is 11.6 Å². The van der Waals surface area contributed by atoms with Crippen molar-refractivity contribution < 1.29 is 14.4 Å². The van der Waals surface area contributed by atoms with E-state index in [1.54, 1.807) is 4.90 Å². The van der Waals surface area contributed by atoms with Crippen LogP contribution >= 0.6 is 39.3 Å². The van der Waals surface area contributed by atoms with Gasteiger partial charge in [-0.15, -0.1) is 11.8 Å². The van der Waals surface area contributed by atoms with Gasteiger partial charge in [0.1, 0.15) is 4.75 Å². The van der Waals surface area contributed by atoms with Crippen molar-refractivity contribution in [1.82, 2.24) is 25.0 Å². The lowest BCUT2D eigenvalue weighted by Crippen LogP contribution is -2.58. The summed E-state index contributed by atoms with van der Waals surface area (Å²) in [5.74, 6) is -0.180. The molecule has 240 valence electrons. The van der Waals surface area contributed by atoms with Gasteiger partial charge < -0.3 is 25.0 Å². The second-order valence-electron chi connectivity index (χ2n) is 12.3. The molecule has 11 heteroatoms. The van der Waals surface area contributed by atoms with Crippen molar-refractivity contribution in [2.45, 2.75) is 55.5 Å². The number of aromatic nitrogens is 1. The number of nitrogens with zero attached hydrogens (tertiary/aromatic N) is 3. The van der Waals surface area contributed by atoms with Crippen LogP contribution in [0.4, 0.5) is 4.79 Å². The van der Waals surface area contributed by atoms with E-state index in [1.165, 1.54) is 11.8 Å². The zero-order valence-corrected chi connectivity index (χ0v) is 29.2. The predicted molar refractivity (Wildman–Crippen MR) is 187 cm³/mol. The molecule has 1 aromatic heterocycles. The molecule has 2 saturated heterocycles. The first kappa shape index (κ1) is 32.5. The number of piperazine rings is 1. The Morgan fingerprint density at radius 1 is 1.02 bits per heavy atom. The number of fused-ring (bicyclic) bond motifs is 1. The SMILES string of the molecule is Cc1ccc(SC2(C(=O)N3CCN(C(=O)NC(C)C)CC3)CC(=O)N(Cc3ccc(Br)cc3)C2c2c[nH]c3cc(Cl)ccc23)cc1. The average Bonchev–Trinajstić information content (AvgIpc) is 3.56. The van der Waals surface area contributed by atoms with Crippen LogP contribution in [-0.4, -0.2) is 74.5 Å². The summed E-state index contributed by atoms with van der Waals surface area (Å²) in [6.07, 6.45) is 1.96. The van der Waals surface area contributed by atoms with Gasteiger partial charge in [-0.1, -0.05) is 63.4 Å². The van der Waals surface area contributed by atoms with Gasteiger partial charge in [-0.3, -0.25) is 9.59 Å². The molecule has 0 aliphatic carbocycles. The first-order valence-electron chi connectivity index (χ1n) is 15.4. The third kappa shape index (κ3) is 6.52. The second-order valence-corrected chi connectivity index (χ2v) is 15.1. The number of urea groups is 1. The number of benzene rings is 3. The van der Waals surface area contributed by atoms with Crippen LogP contribution in [0, 0.1) is 6.92 Å². The number of aromatic amines is 1. The molecule has 4 amide bonds. The Labute approximate surface area is 287 Å². The standard InChI is InChI=1S/C35H37BrClN5O3S/c1-22(2)39-34(45)41-16-14-40(15-17-41)33(44)35(46-27-11-4-23(3)5-12-27)19-31(43)42(21-24-6-8-25(36)9-7-24)32(35)29-20-38-30-18-26(37)10-13-28(29)30/h4-13,18,20,22,32,38H,14-17,19,21H2,1-3H3,(H,39,45). The normalized spacial score (nSPS) is 20.2. The summed E-state index contributed by atoms with van der Waals surface area (Å²) in [6, 6.07) is 21.0. The van der Waals surface area contributed by atoms with Gasteiger partial charge in [0, 0.05) is 75.8 Å². The molecule has 6 rings (SSSR count). The van der Waals surface area contributed by atoms with Crippen molar-refractivity contribution in [3.8, 4) is 0 Å². The van der Waals surface area contributed by atoms with Crippen LogP contribution in [0.15, 0.2) is 82.3 Å². The maximum atomic E-state index is 15.1. The number of amides is 4. The van der Waals surface area contributed by atoms with Gasteiger partial charge in [-0.25, -0.2) is 4.79 Å². The fraction of sp³-hybridized carbons (Fsp3) is 0.343. The fourth-order valence-electron chi connectivity index (χ4n) is 6.41. The molecule has 2 N–H and O–H groups in total. The van der Waals surface area contributed by atoms with E-state index < -0.39 is 10.8 Å². The van der Waals surface area contributed by atoms with Crippen molar-refractivity contribution in [1.29, 1.82) is 0 Å². The highest BCUT2D eigenvalue weighted by Crippen LogP contribution is 2.55. The molecule has 2 atom stereocenters. The van der Waals surface area contributed by atoms with Gasteiger partial charge in [-0.05, 0) is 62.7 Å². The highest BCUT2D eigenvalue weighted by Gasteiger charge is 2.60. The zero-order chi connectivity index (χ0) is 32.6. The summed E-state index contributed by atoms with van der Waals surface area (Å²) in [5.41, 5.74) is 3.80. The third-order valence-electron chi connectivity index (χ3n) is 8.67. The summed E-state index contributed by atoms with van der Waals surface area (Å²) in [5, 5.41) is 4.47. The lowest BCUT2D eigenvalue weighted by atomic mass is 9.90. The minimum absolute atomic E-state index is 0.0226. The number of nitrogens with one attached hydrogen (secondary N) is 2. The number of likely N-dealkylation sites (tertiary alicyclic amines) is 1. The molecule has 0 spiro atoms. The van der Waals surface area contributed by atoms with Crippen LogP contribution in [0.3, 0.4) is 0 Å². The maximum Gasteiger partial charge on any atom is 0.317 e. The molecule has 2 fully saturated rings. The second kappa shape index (κ2) is 13.3. The Balaban J connectivity index is 1.44. The Morgan fingerprint density at radius 3 is 2.37 bits per heavy atom. The largest absolute Gasteiger partial charge is 0.361 e. The van der Waals surface area contributed by atoms with E-state index in [0.29, 0.717) is 37.7 Å². The number of H-pyrrole nitrogens is 1. The molecule has 2 unspecified atom stereocenters. The fourth-order valence-corrected chi connectivity index (χ4v) is 8.32. The highest BCUT2D eigenvalue weighted by molar-refractivity contribution is 9.10. The van der Waals surface area contributed by atoms with Crippen LogP contribution in [0.25, 0.3) is 10.9 Å². The minimum Gasteiger partial charge on any atom is -0.361 e. The van der Waals surface area contributed by atoms with Gasteiger partial charge in [0.2, 0.25) is 11.8 Å². The average molecular weight is 723 g/mol. The van der Waals surface area contributed by atoms with Crippen molar-refractivity contribution in [3.05, 3.63) is 99.1 Å². The van der Waals surface area contributed by atoms with Crippen molar-refractivity contribution in [3.63, 3.8) is 0 Å². The quantitative estimate of drug-likeness (QED) is 0.212. The lowest BCUT2D eigenvalue weighted by Gasteiger charge is -2.42. The van der Waals surface area contributed by atoms with Gasteiger partial charge >= 0.3 is 6.03 Å². The van der Waals surface area contributed by atoms with Crippen LogP contribution in [0.5, 0.6) is 0 Å². The molecule has 2 aliphatic rings. The van der Waals surface area contributed by atoms with E-state index in [1.807, 2.05) is 103 Å². The lowest BCUT2D eigenvalue weighted by molar-refractivity contribution is -0.136. The maximum absolute atomic E-state index is 15.1. The summed E-state index contributed by atoms with van der Waals surface area (Å²) in [6.45, 7) is 7.85. The molecule has 0 saturated carbocycles. The smallest absolute Gasteiger partial charge is 0.317 e. The molecule has 0 bridgehead atoms. The molecule has 46 heavy (non-hydrogen) atoms. The molecule has 4 aromatic rings.